The fourth-order valence-electron chi connectivity index (χ4n) is 2.90. The highest BCUT2D eigenvalue weighted by Gasteiger charge is 2.48. The van der Waals surface area contributed by atoms with Crippen LogP contribution in [-0.2, 0) is 25.1 Å². The smallest absolute Gasteiger partial charge is 0.197 e. The molecule has 1 fully saturated rings. The maximum absolute atomic E-state index is 12.3. The molecule has 1 aromatic carbocycles. The standard InChI is InChI=1S/C13H16O4S/c1-9-3-4-10(2)12-11(9)13(16-6-7-17-13)5-8-18(12,14)15/h3-4H,5-8H2,1-2H3. The van der Waals surface area contributed by atoms with Gasteiger partial charge in [-0.05, 0) is 25.0 Å². The van der Waals surface area contributed by atoms with Crippen LogP contribution in [0.2, 0.25) is 0 Å². The maximum atomic E-state index is 12.3. The number of ether oxygens (including phenoxy) is 2. The number of fused-ring (bicyclic) bond motifs is 2. The van der Waals surface area contributed by atoms with Gasteiger partial charge in [0.1, 0.15) is 0 Å². The molecular formula is C13H16O4S. The van der Waals surface area contributed by atoms with Crippen molar-refractivity contribution >= 4 is 9.84 Å². The SMILES string of the molecule is Cc1ccc(C)c2c1C1(CCS2(=O)=O)OCCO1. The van der Waals surface area contributed by atoms with Crippen LogP contribution in [0.25, 0.3) is 0 Å². The van der Waals surface area contributed by atoms with Crippen LogP contribution >= 0.6 is 0 Å². The Morgan fingerprint density at radius 1 is 1.11 bits per heavy atom. The van der Waals surface area contributed by atoms with Crippen LogP contribution in [-0.4, -0.2) is 27.4 Å². The Labute approximate surface area is 107 Å². The Bertz CT molecular complexity index is 598. The molecule has 1 saturated heterocycles. The summed E-state index contributed by atoms with van der Waals surface area (Å²) in [7, 11) is -3.22. The molecule has 0 amide bonds. The Morgan fingerprint density at radius 2 is 1.72 bits per heavy atom. The lowest BCUT2D eigenvalue weighted by Crippen LogP contribution is -2.37. The molecule has 0 radical (unpaired) electrons. The monoisotopic (exact) mass is 268 g/mol. The third kappa shape index (κ3) is 1.54. The number of hydrogen-bond acceptors (Lipinski definition) is 4. The molecule has 98 valence electrons. The van der Waals surface area contributed by atoms with Gasteiger partial charge in [-0.2, -0.15) is 0 Å². The first-order valence-corrected chi connectivity index (χ1v) is 7.73. The predicted octanol–water partition coefficient (Wildman–Crippen LogP) is 1.68. The van der Waals surface area contributed by atoms with Gasteiger partial charge in [-0.25, -0.2) is 8.42 Å². The van der Waals surface area contributed by atoms with Gasteiger partial charge in [-0.15, -0.1) is 0 Å². The summed E-state index contributed by atoms with van der Waals surface area (Å²) in [6.07, 6.45) is 0.382. The average molecular weight is 268 g/mol. The number of sulfone groups is 1. The van der Waals surface area contributed by atoms with Crippen molar-refractivity contribution in [3.05, 3.63) is 28.8 Å². The molecule has 0 aliphatic carbocycles. The van der Waals surface area contributed by atoms with E-state index in [9.17, 15) is 8.42 Å². The highest BCUT2D eigenvalue weighted by Crippen LogP contribution is 2.45. The molecule has 18 heavy (non-hydrogen) atoms. The van der Waals surface area contributed by atoms with Gasteiger partial charge >= 0.3 is 0 Å². The number of benzene rings is 1. The summed E-state index contributed by atoms with van der Waals surface area (Å²) in [6, 6.07) is 3.78. The van der Waals surface area contributed by atoms with Crippen molar-refractivity contribution in [2.45, 2.75) is 31.0 Å². The first-order valence-electron chi connectivity index (χ1n) is 6.08. The van der Waals surface area contributed by atoms with Gasteiger partial charge in [-0.3, -0.25) is 0 Å². The Balaban J connectivity index is 2.35. The fourth-order valence-corrected chi connectivity index (χ4v) is 4.83. The predicted molar refractivity (Wildman–Crippen MR) is 66.2 cm³/mol. The Hall–Kier alpha value is -0.910. The molecule has 2 aliphatic heterocycles. The molecule has 0 atom stereocenters. The van der Waals surface area contributed by atoms with Crippen LogP contribution in [0.1, 0.15) is 23.1 Å². The molecule has 1 spiro atoms. The topological polar surface area (TPSA) is 52.6 Å². The van der Waals surface area contributed by atoms with Gasteiger partial charge in [-0.1, -0.05) is 12.1 Å². The highest BCUT2D eigenvalue weighted by atomic mass is 32.2. The first kappa shape index (κ1) is 12.1. The summed E-state index contributed by atoms with van der Waals surface area (Å²) in [5, 5.41) is 0. The number of aryl methyl sites for hydroxylation is 2. The quantitative estimate of drug-likeness (QED) is 0.718. The molecule has 0 aromatic heterocycles. The minimum absolute atomic E-state index is 0.0876. The van der Waals surface area contributed by atoms with Gasteiger partial charge in [0, 0.05) is 12.0 Å². The van der Waals surface area contributed by atoms with E-state index in [4.69, 9.17) is 9.47 Å². The molecule has 3 rings (SSSR count). The zero-order valence-electron chi connectivity index (χ0n) is 10.5. The average Bonchev–Trinajstić information content (AvgIpc) is 2.77. The van der Waals surface area contributed by atoms with Crippen LogP contribution < -0.4 is 0 Å². The third-order valence-corrected chi connectivity index (χ3v) is 5.60. The van der Waals surface area contributed by atoms with E-state index in [-0.39, 0.29) is 5.75 Å². The van der Waals surface area contributed by atoms with Gasteiger partial charge in [0.15, 0.2) is 15.6 Å². The second-order valence-corrected chi connectivity index (χ2v) is 6.97. The van der Waals surface area contributed by atoms with Crippen LogP contribution in [0.5, 0.6) is 0 Å². The summed E-state index contributed by atoms with van der Waals surface area (Å²) in [6.45, 7) is 4.77. The van der Waals surface area contributed by atoms with Crippen LogP contribution in [0.3, 0.4) is 0 Å². The molecule has 0 bridgehead atoms. The minimum Gasteiger partial charge on any atom is -0.343 e. The fraction of sp³-hybridized carbons (Fsp3) is 0.538. The van der Waals surface area contributed by atoms with E-state index in [1.54, 1.807) is 0 Å². The summed E-state index contributed by atoms with van der Waals surface area (Å²) in [4.78, 5) is 0.413. The molecule has 0 unspecified atom stereocenters. The maximum Gasteiger partial charge on any atom is 0.197 e. The summed E-state index contributed by atoms with van der Waals surface area (Å²) < 4.78 is 36.1. The van der Waals surface area contributed by atoms with Crippen LogP contribution in [0.4, 0.5) is 0 Å². The normalized spacial score (nSPS) is 24.1. The van der Waals surface area contributed by atoms with E-state index >= 15 is 0 Å². The molecule has 2 aliphatic rings. The summed E-state index contributed by atoms with van der Waals surface area (Å²) in [5.41, 5.74) is 2.40. The lowest BCUT2D eigenvalue weighted by atomic mass is 9.95. The van der Waals surface area contributed by atoms with E-state index in [0.29, 0.717) is 30.1 Å². The largest absolute Gasteiger partial charge is 0.343 e. The summed E-state index contributed by atoms with van der Waals surface area (Å²) in [5.74, 6) is -0.749. The lowest BCUT2D eigenvalue weighted by Gasteiger charge is -2.35. The van der Waals surface area contributed by atoms with E-state index in [1.165, 1.54) is 0 Å². The van der Waals surface area contributed by atoms with Crippen molar-refractivity contribution in [2.24, 2.45) is 0 Å². The van der Waals surface area contributed by atoms with Crippen molar-refractivity contribution in [3.63, 3.8) is 0 Å². The van der Waals surface area contributed by atoms with Crippen molar-refractivity contribution < 1.29 is 17.9 Å². The Kier molecular flexibility index (Phi) is 2.56. The van der Waals surface area contributed by atoms with Crippen LogP contribution in [0, 0.1) is 13.8 Å². The van der Waals surface area contributed by atoms with Gasteiger partial charge < -0.3 is 9.47 Å². The zero-order valence-corrected chi connectivity index (χ0v) is 11.3. The van der Waals surface area contributed by atoms with E-state index in [1.807, 2.05) is 26.0 Å². The second kappa shape index (κ2) is 3.79. The lowest BCUT2D eigenvalue weighted by molar-refractivity contribution is -0.170. The van der Waals surface area contributed by atoms with Crippen molar-refractivity contribution in [1.82, 2.24) is 0 Å². The van der Waals surface area contributed by atoms with Crippen LogP contribution in [0.15, 0.2) is 17.0 Å². The van der Waals surface area contributed by atoms with E-state index in [2.05, 4.69) is 0 Å². The van der Waals surface area contributed by atoms with Gasteiger partial charge in [0.05, 0.1) is 23.9 Å². The highest BCUT2D eigenvalue weighted by molar-refractivity contribution is 7.91. The zero-order chi connectivity index (χ0) is 13.0. The number of hydrogen-bond donors (Lipinski definition) is 0. The summed E-state index contributed by atoms with van der Waals surface area (Å²) >= 11 is 0. The molecule has 0 saturated carbocycles. The first-order chi connectivity index (χ1) is 8.46. The molecule has 1 aromatic rings. The van der Waals surface area contributed by atoms with Gasteiger partial charge in [0.2, 0.25) is 0 Å². The van der Waals surface area contributed by atoms with Crippen molar-refractivity contribution in [3.8, 4) is 0 Å². The number of rotatable bonds is 0. The molecule has 4 nitrogen and oxygen atoms in total. The molecular weight excluding hydrogens is 252 g/mol. The third-order valence-electron chi connectivity index (χ3n) is 3.71. The minimum atomic E-state index is -3.22. The molecule has 0 N–H and O–H groups in total. The second-order valence-electron chi connectivity index (χ2n) is 4.92. The molecule has 5 heteroatoms. The van der Waals surface area contributed by atoms with Gasteiger partial charge in [0.25, 0.3) is 0 Å². The molecule has 2 heterocycles. The van der Waals surface area contributed by atoms with Crippen molar-refractivity contribution in [1.29, 1.82) is 0 Å². The van der Waals surface area contributed by atoms with E-state index in [0.717, 1.165) is 11.1 Å². The van der Waals surface area contributed by atoms with E-state index < -0.39 is 15.6 Å². The Morgan fingerprint density at radius 3 is 2.39 bits per heavy atom. The van der Waals surface area contributed by atoms with Crippen molar-refractivity contribution in [2.75, 3.05) is 19.0 Å².